The smallest absolute Gasteiger partial charge is 0.237 e. The van der Waals surface area contributed by atoms with Crippen LogP contribution in [0, 0.1) is 0 Å². The van der Waals surface area contributed by atoms with Gasteiger partial charge in [-0.3, -0.25) is 4.79 Å². The number of halogens is 2. The molecule has 6 heteroatoms. The monoisotopic (exact) mass is 431 g/mol. The van der Waals surface area contributed by atoms with Gasteiger partial charge < -0.3 is 9.64 Å². The summed E-state index contributed by atoms with van der Waals surface area (Å²) in [6.07, 6.45) is 0. The average molecular weight is 432 g/mol. The van der Waals surface area contributed by atoms with Crippen LogP contribution in [0.3, 0.4) is 0 Å². The third-order valence-corrected chi connectivity index (χ3v) is 6.11. The minimum absolute atomic E-state index is 0.0185. The molecule has 144 valence electrons. The fourth-order valence-electron chi connectivity index (χ4n) is 2.66. The summed E-state index contributed by atoms with van der Waals surface area (Å²) in [5, 5.41) is 0.955. The number of thioether (sulfide) groups is 1. The molecule has 0 bridgehead atoms. The second-order valence-corrected chi connectivity index (χ2v) is 7.81. The first-order valence-corrected chi connectivity index (χ1v) is 10.4. The van der Waals surface area contributed by atoms with Crippen molar-refractivity contribution >= 4 is 46.6 Å². The minimum Gasteiger partial charge on any atom is -0.497 e. The number of anilines is 1. The number of carbonyl (C=O) groups is 1. The molecule has 0 unspecified atom stereocenters. The van der Waals surface area contributed by atoms with Gasteiger partial charge >= 0.3 is 0 Å². The van der Waals surface area contributed by atoms with Crippen LogP contribution in [0.15, 0.2) is 77.7 Å². The fraction of sp³-hybridized carbons (Fsp3) is 0.136. The number of hydrogen-bond donors (Lipinski definition) is 0. The molecule has 3 rings (SSSR count). The molecule has 0 N–H and O–H groups in total. The van der Waals surface area contributed by atoms with Crippen LogP contribution in [-0.4, -0.2) is 18.8 Å². The van der Waals surface area contributed by atoms with Gasteiger partial charge in [0, 0.05) is 10.6 Å². The Morgan fingerprint density at radius 1 is 0.964 bits per heavy atom. The molecular formula is C22H19Cl2NO2S. The highest BCUT2D eigenvalue weighted by atomic mass is 35.5. The first kappa shape index (κ1) is 20.6. The Bertz CT molecular complexity index is 933. The van der Waals surface area contributed by atoms with E-state index in [4.69, 9.17) is 27.9 Å². The summed E-state index contributed by atoms with van der Waals surface area (Å²) in [7, 11) is 1.62. The Morgan fingerprint density at radius 3 is 2.36 bits per heavy atom. The molecule has 0 spiro atoms. The quantitative estimate of drug-likeness (QED) is 0.409. The molecule has 0 aliphatic carbocycles. The van der Waals surface area contributed by atoms with Crippen LogP contribution in [0.4, 0.5) is 5.69 Å². The van der Waals surface area contributed by atoms with Gasteiger partial charge in [0.25, 0.3) is 0 Å². The maximum absolute atomic E-state index is 13.1. The summed E-state index contributed by atoms with van der Waals surface area (Å²) in [6.45, 7) is 0.482. The normalized spacial score (nSPS) is 10.5. The summed E-state index contributed by atoms with van der Waals surface area (Å²) in [5.41, 5.74) is 1.87. The Balaban J connectivity index is 1.80. The molecule has 0 saturated carbocycles. The largest absolute Gasteiger partial charge is 0.497 e. The van der Waals surface area contributed by atoms with Gasteiger partial charge in [-0.1, -0.05) is 59.6 Å². The van der Waals surface area contributed by atoms with E-state index in [0.717, 1.165) is 21.9 Å². The highest BCUT2D eigenvalue weighted by molar-refractivity contribution is 8.00. The van der Waals surface area contributed by atoms with Crippen molar-refractivity contribution in [2.45, 2.75) is 11.4 Å². The molecule has 1 amide bonds. The number of carbonyl (C=O) groups excluding carboxylic acids is 1. The molecule has 0 aliphatic heterocycles. The van der Waals surface area contributed by atoms with E-state index in [2.05, 4.69) is 0 Å². The van der Waals surface area contributed by atoms with E-state index < -0.39 is 0 Å². The van der Waals surface area contributed by atoms with Crippen molar-refractivity contribution < 1.29 is 9.53 Å². The maximum Gasteiger partial charge on any atom is 0.237 e. The molecule has 0 fully saturated rings. The zero-order valence-electron chi connectivity index (χ0n) is 15.3. The molecule has 0 heterocycles. The van der Waals surface area contributed by atoms with Crippen LogP contribution in [-0.2, 0) is 11.3 Å². The summed E-state index contributed by atoms with van der Waals surface area (Å²) < 4.78 is 5.22. The Hall–Kier alpha value is -2.14. The lowest BCUT2D eigenvalue weighted by Crippen LogP contribution is -2.31. The Labute approximate surface area is 179 Å². The SMILES string of the molecule is COc1ccc(N(Cc2ccccc2)C(=O)CSc2cccc(Cl)c2Cl)cc1. The van der Waals surface area contributed by atoms with Crippen molar-refractivity contribution in [2.75, 3.05) is 17.8 Å². The number of hydrogen-bond acceptors (Lipinski definition) is 3. The topological polar surface area (TPSA) is 29.5 Å². The van der Waals surface area contributed by atoms with Crippen molar-refractivity contribution in [3.8, 4) is 5.75 Å². The molecule has 3 aromatic carbocycles. The highest BCUT2D eigenvalue weighted by Crippen LogP contribution is 2.33. The first-order chi connectivity index (χ1) is 13.6. The van der Waals surface area contributed by atoms with Crippen LogP contribution in [0.5, 0.6) is 5.75 Å². The van der Waals surface area contributed by atoms with E-state index in [1.807, 2.05) is 66.7 Å². The summed E-state index contributed by atoms with van der Waals surface area (Å²) in [4.78, 5) is 15.6. The van der Waals surface area contributed by atoms with E-state index in [1.165, 1.54) is 11.8 Å². The van der Waals surface area contributed by atoms with Crippen LogP contribution < -0.4 is 9.64 Å². The van der Waals surface area contributed by atoms with Crippen molar-refractivity contribution in [3.05, 3.63) is 88.4 Å². The number of nitrogens with zero attached hydrogens (tertiary/aromatic N) is 1. The summed E-state index contributed by atoms with van der Waals surface area (Å²) >= 11 is 13.7. The van der Waals surface area contributed by atoms with Gasteiger partial charge in [0.05, 0.1) is 29.5 Å². The molecule has 0 radical (unpaired) electrons. The zero-order chi connectivity index (χ0) is 19.9. The molecule has 0 aliphatic rings. The van der Waals surface area contributed by atoms with Gasteiger partial charge in [-0.15, -0.1) is 11.8 Å². The maximum atomic E-state index is 13.1. The number of methoxy groups -OCH3 is 1. The molecule has 0 atom stereocenters. The van der Waals surface area contributed by atoms with Gasteiger partial charge in [-0.25, -0.2) is 0 Å². The van der Waals surface area contributed by atoms with Gasteiger partial charge in [0.1, 0.15) is 5.75 Å². The number of benzene rings is 3. The summed E-state index contributed by atoms with van der Waals surface area (Å²) in [5.74, 6) is 0.977. The van der Waals surface area contributed by atoms with Gasteiger partial charge in [0.15, 0.2) is 0 Å². The molecule has 28 heavy (non-hydrogen) atoms. The summed E-state index contributed by atoms with van der Waals surface area (Å²) in [6, 6.07) is 22.8. The first-order valence-electron chi connectivity index (χ1n) is 8.63. The predicted octanol–water partition coefficient (Wildman–Crippen LogP) is 6.33. The fourth-order valence-corrected chi connectivity index (χ4v) is 4.03. The lowest BCUT2D eigenvalue weighted by molar-refractivity contribution is -0.116. The highest BCUT2D eigenvalue weighted by Gasteiger charge is 2.18. The van der Waals surface area contributed by atoms with Crippen LogP contribution in [0.2, 0.25) is 10.0 Å². The minimum atomic E-state index is -0.0185. The molecule has 0 aromatic heterocycles. The molecule has 0 saturated heterocycles. The molecular weight excluding hydrogens is 413 g/mol. The van der Waals surface area contributed by atoms with Crippen molar-refractivity contribution in [1.82, 2.24) is 0 Å². The lowest BCUT2D eigenvalue weighted by Gasteiger charge is -2.23. The van der Waals surface area contributed by atoms with Gasteiger partial charge in [-0.05, 0) is 42.0 Å². The predicted molar refractivity (Wildman–Crippen MR) is 118 cm³/mol. The third-order valence-electron chi connectivity index (χ3n) is 4.14. The van der Waals surface area contributed by atoms with Crippen LogP contribution >= 0.6 is 35.0 Å². The Kier molecular flexibility index (Phi) is 7.26. The van der Waals surface area contributed by atoms with E-state index in [0.29, 0.717) is 16.6 Å². The third kappa shape index (κ3) is 5.22. The van der Waals surface area contributed by atoms with E-state index in [-0.39, 0.29) is 11.7 Å². The second-order valence-electron chi connectivity index (χ2n) is 6.00. The van der Waals surface area contributed by atoms with E-state index in [9.17, 15) is 4.79 Å². The van der Waals surface area contributed by atoms with Gasteiger partial charge in [-0.2, -0.15) is 0 Å². The Morgan fingerprint density at radius 2 is 1.68 bits per heavy atom. The standard InChI is InChI=1S/C22H19Cl2NO2S/c1-27-18-12-10-17(11-13-18)25(14-16-6-3-2-4-7-16)21(26)15-28-20-9-5-8-19(23)22(20)24/h2-13H,14-15H2,1H3. The van der Waals surface area contributed by atoms with Crippen molar-refractivity contribution in [3.63, 3.8) is 0 Å². The number of ether oxygens (including phenoxy) is 1. The zero-order valence-corrected chi connectivity index (χ0v) is 17.6. The van der Waals surface area contributed by atoms with E-state index >= 15 is 0 Å². The molecule has 3 aromatic rings. The average Bonchev–Trinajstić information content (AvgIpc) is 2.74. The van der Waals surface area contributed by atoms with E-state index in [1.54, 1.807) is 18.1 Å². The van der Waals surface area contributed by atoms with Crippen molar-refractivity contribution in [2.24, 2.45) is 0 Å². The van der Waals surface area contributed by atoms with Crippen molar-refractivity contribution in [1.29, 1.82) is 0 Å². The second kappa shape index (κ2) is 9.87. The number of rotatable bonds is 7. The number of amides is 1. The van der Waals surface area contributed by atoms with Crippen LogP contribution in [0.1, 0.15) is 5.56 Å². The van der Waals surface area contributed by atoms with Crippen LogP contribution in [0.25, 0.3) is 0 Å². The lowest BCUT2D eigenvalue weighted by atomic mass is 10.2. The van der Waals surface area contributed by atoms with Gasteiger partial charge in [0.2, 0.25) is 5.91 Å². The molecule has 3 nitrogen and oxygen atoms in total.